The normalized spacial score (nSPS) is 30.6. The van der Waals surface area contributed by atoms with Crippen molar-refractivity contribution in [3.63, 3.8) is 0 Å². The molecule has 1 aliphatic carbocycles. The van der Waals surface area contributed by atoms with Crippen LogP contribution in [-0.4, -0.2) is 19.0 Å². The maximum absolute atomic E-state index is 11.7. The van der Waals surface area contributed by atoms with E-state index >= 15 is 0 Å². The first-order chi connectivity index (χ1) is 8.02. The molecule has 5 heteroatoms. The number of carbonyl (C=O) groups excluding carboxylic acids is 2. The van der Waals surface area contributed by atoms with Gasteiger partial charge in [0.1, 0.15) is 5.41 Å². The van der Waals surface area contributed by atoms with Gasteiger partial charge < -0.3 is 10.1 Å². The number of hydrogen-bond acceptors (Lipinski definition) is 4. The van der Waals surface area contributed by atoms with Crippen molar-refractivity contribution < 1.29 is 14.3 Å². The van der Waals surface area contributed by atoms with E-state index in [4.69, 9.17) is 5.26 Å². The number of methoxy groups -OCH3 is 1. The fourth-order valence-electron chi connectivity index (χ4n) is 2.18. The summed E-state index contributed by atoms with van der Waals surface area (Å²) in [5.74, 6) is -0.945. The van der Waals surface area contributed by atoms with Gasteiger partial charge in [-0.15, -0.1) is 0 Å². The number of ether oxygens (including phenoxy) is 1. The van der Waals surface area contributed by atoms with E-state index in [9.17, 15) is 9.59 Å². The van der Waals surface area contributed by atoms with Crippen molar-refractivity contribution in [1.29, 1.82) is 5.26 Å². The molecule has 88 valence electrons. The smallest absolute Gasteiger partial charge is 0.337 e. The topological polar surface area (TPSA) is 79.2 Å². The van der Waals surface area contributed by atoms with Gasteiger partial charge in [0.05, 0.1) is 18.8 Å². The van der Waals surface area contributed by atoms with E-state index in [1.807, 2.05) is 6.07 Å². The van der Waals surface area contributed by atoms with E-state index in [1.165, 1.54) is 7.11 Å². The molecule has 1 amide bonds. The molecule has 0 spiro atoms. The number of amides is 1. The summed E-state index contributed by atoms with van der Waals surface area (Å²) >= 11 is 0. The molecule has 0 radical (unpaired) electrons. The third-order valence-electron chi connectivity index (χ3n) is 3.34. The number of esters is 1. The molecule has 2 unspecified atom stereocenters. The molecule has 1 aliphatic heterocycles. The number of nitrogens with zero attached hydrogens (tertiary/aromatic N) is 1. The lowest BCUT2D eigenvalue weighted by atomic mass is 9.75. The highest BCUT2D eigenvalue weighted by Gasteiger charge is 2.50. The molecule has 0 aromatic rings. The summed E-state index contributed by atoms with van der Waals surface area (Å²) in [5, 5.41) is 11.8. The van der Waals surface area contributed by atoms with Crippen molar-refractivity contribution in [3.05, 3.63) is 23.4 Å². The zero-order valence-corrected chi connectivity index (χ0v) is 9.61. The fourth-order valence-corrected chi connectivity index (χ4v) is 2.18. The molecule has 0 bridgehead atoms. The average molecular weight is 232 g/mol. The minimum atomic E-state index is -1.05. The minimum absolute atomic E-state index is 0.201. The summed E-state index contributed by atoms with van der Waals surface area (Å²) in [4.78, 5) is 23.1. The second kappa shape index (κ2) is 3.74. The number of fused-ring (bicyclic) bond motifs is 1. The van der Waals surface area contributed by atoms with E-state index < -0.39 is 11.4 Å². The number of allylic oxidation sites excluding steroid dienone is 2. The van der Waals surface area contributed by atoms with Crippen molar-refractivity contribution in [2.45, 2.75) is 13.3 Å². The fraction of sp³-hybridized carbons (Fsp3) is 0.417. The van der Waals surface area contributed by atoms with Crippen molar-refractivity contribution in [2.75, 3.05) is 7.11 Å². The molecule has 0 aromatic carbocycles. The highest BCUT2D eigenvalue weighted by Crippen LogP contribution is 2.42. The van der Waals surface area contributed by atoms with Crippen LogP contribution in [0.5, 0.6) is 0 Å². The van der Waals surface area contributed by atoms with Gasteiger partial charge in [-0.1, -0.05) is 6.08 Å². The van der Waals surface area contributed by atoms with Crippen LogP contribution in [0.15, 0.2) is 23.4 Å². The van der Waals surface area contributed by atoms with E-state index in [1.54, 1.807) is 19.1 Å². The largest absolute Gasteiger partial charge is 0.465 e. The van der Waals surface area contributed by atoms with Gasteiger partial charge in [-0.3, -0.25) is 4.79 Å². The van der Waals surface area contributed by atoms with Crippen LogP contribution in [0.3, 0.4) is 0 Å². The predicted molar refractivity (Wildman–Crippen MR) is 58.2 cm³/mol. The van der Waals surface area contributed by atoms with Crippen LogP contribution < -0.4 is 5.32 Å². The van der Waals surface area contributed by atoms with Gasteiger partial charge in [-0.05, 0) is 19.4 Å². The Morgan fingerprint density at radius 3 is 3.00 bits per heavy atom. The molecule has 5 nitrogen and oxygen atoms in total. The zero-order chi connectivity index (χ0) is 12.6. The molecule has 1 heterocycles. The Morgan fingerprint density at radius 2 is 2.41 bits per heavy atom. The first-order valence-corrected chi connectivity index (χ1v) is 5.25. The number of nitriles is 1. The summed E-state index contributed by atoms with van der Waals surface area (Å²) in [5.41, 5.74) is -0.00698. The molecular formula is C12H12N2O3. The van der Waals surface area contributed by atoms with Crippen molar-refractivity contribution >= 4 is 11.9 Å². The Labute approximate surface area is 98.7 Å². The Balaban J connectivity index is 2.34. The lowest BCUT2D eigenvalue weighted by Crippen LogP contribution is -2.30. The van der Waals surface area contributed by atoms with Gasteiger partial charge >= 0.3 is 5.97 Å². The maximum atomic E-state index is 11.7. The zero-order valence-electron chi connectivity index (χ0n) is 9.61. The molecule has 1 saturated heterocycles. The van der Waals surface area contributed by atoms with Crippen LogP contribution in [-0.2, 0) is 14.3 Å². The number of rotatable bonds is 1. The van der Waals surface area contributed by atoms with Crippen LogP contribution in [0.2, 0.25) is 0 Å². The van der Waals surface area contributed by atoms with E-state index in [2.05, 4.69) is 10.1 Å². The van der Waals surface area contributed by atoms with E-state index in [-0.39, 0.29) is 11.8 Å². The molecule has 17 heavy (non-hydrogen) atoms. The van der Waals surface area contributed by atoms with Crippen molar-refractivity contribution in [1.82, 2.24) is 5.32 Å². The van der Waals surface area contributed by atoms with Crippen LogP contribution >= 0.6 is 0 Å². The Bertz CT molecular complexity index is 498. The van der Waals surface area contributed by atoms with Crippen LogP contribution in [0.1, 0.15) is 13.3 Å². The maximum Gasteiger partial charge on any atom is 0.337 e. The Kier molecular flexibility index (Phi) is 2.50. The number of nitrogens with one attached hydrogen (secondary N) is 1. The standard InChI is InChI=1S/C12H12N2O3/c1-12(6-13)8-4-3-7(10(15)17-2)5-9(8)14-11(12)16/h3,5,8H,4H2,1-2H3,(H,14,16). The second-order valence-corrected chi connectivity index (χ2v) is 4.31. The summed E-state index contributed by atoms with van der Waals surface area (Å²) in [6.07, 6.45) is 3.77. The molecule has 2 rings (SSSR count). The first kappa shape index (κ1) is 11.4. The van der Waals surface area contributed by atoms with Crippen molar-refractivity contribution in [3.8, 4) is 6.07 Å². The molecule has 1 N–H and O–H groups in total. The van der Waals surface area contributed by atoms with Gasteiger partial charge in [0, 0.05) is 11.6 Å². The number of hydrogen-bond donors (Lipinski definition) is 1. The summed E-state index contributed by atoms with van der Waals surface area (Å²) in [6.45, 7) is 1.62. The lowest BCUT2D eigenvalue weighted by Gasteiger charge is -2.22. The Hall–Kier alpha value is -2.09. The van der Waals surface area contributed by atoms with E-state index in [0.717, 1.165) is 0 Å². The van der Waals surface area contributed by atoms with Crippen LogP contribution in [0, 0.1) is 22.7 Å². The van der Waals surface area contributed by atoms with Gasteiger partial charge in [0.15, 0.2) is 0 Å². The van der Waals surface area contributed by atoms with Crippen molar-refractivity contribution in [2.24, 2.45) is 11.3 Å². The second-order valence-electron chi connectivity index (χ2n) is 4.31. The summed E-state index contributed by atoms with van der Waals surface area (Å²) in [6, 6.07) is 2.05. The van der Waals surface area contributed by atoms with Gasteiger partial charge in [-0.25, -0.2) is 4.79 Å². The monoisotopic (exact) mass is 232 g/mol. The third-order valence-corrected chi connectivity index (χ3v) is 3.34. The lowest BCUT2D eigenvalue weighted by molar-refractivity contribution is -0.135. The molecule has 0 aromatic heterocycles. The molecular weight excluding hydrogens is 220 g/mol. The van der Waals surface area contributed by atoms with Gasteiger partial charge in [0.25, 0.3) is 0 Å². The van der Waals surface area contributed by atoms with E-state index in [0.29, 0.717) is 17.7 Å². The van der Waals surface area contributed by atoms with Gasteiger partial charge in [0.2, 0.25) is 5.91 Å². The van der Waals surface area contributed by atoms with Gasteiger partial charge in [-0.2, -0.15) is 5.26 Å². The average Bonchev–Trinajstić information content (AvgIpc) is 2.60. The third kappa shape index (κ3) is 1.53. The predicted octanol–water partition coefficient (Wildman–Crippen LogP) is 0.649. The highest BCUT2D eigenvalue weighted by atomic mass is 16.5. The molecule has 2 atom stereocenters. The van der Waals surface area contributed by atoms with Crippen LogP contribution in [0.4, 0.5) is 0 Å². The van der Waals surface area contributed by atoms with Crippen LogP contribution in [0.25, 0.3) is 0 Å². The molecule has 2 aliphatic rings. The minimum Gasteiger partial charge on any atom is -0.465 e. The SMILES string of the molecule is COC(=O)C1=CCC2C(=C1)NC(=O)C2(C)C#N. The molecule has 1 fully saturated rings. The quantitative estimate of drug-likeness (QED) is 0.673. The molecule has 0 saturated carbocycles. The summed E-state index contributed by atoms with van der Waals surface area (Å²) < 4.78 is 4.61. The number of carbonyl (C=O) groups is 2. The highest BCUT2D eigenvalue weighted by molar-refractivity contribution is 5.95. The first-order valence-electron chi connectivity index (χ1n) is 5.25. The summed E-state index contributed by atoms with van der Waals surface area (Å²) in [7, 11) is 1.31. The Morgan fingerprint density at radius 1 is 1.71 bits per heavy atom.